The van der Waals surface area contributed by atoms with E-state index < -0.39 is 25.1 Å². The average Bonchev–Trinajstić information content (AvgIpc) is 2.89. The molecular weight excluding hydrogens is 490 g/mol. The lowest BCUT2D eigenvalue weighted by atomic mass is 10.2. The topological polar surface area (TPSA) is 99.2 Å². The molecule has 0 spiro atoms. The number of nitrogens with zero attached hydrogens (tertiary/aromatic N) is 1. The first-order valence-corrected chi connectivity index (χ1v) is 14.0. The van der Waals surface area contributed by atoms with Gasteiger partial charge in [-0.05, 0) is 73.5 Å². The fraction of sp³-hybridized carbons (Fsp3) is 0.280. The van der Waals surface area contributed by atoms with Crippen molar-refractivity contribution >= 4 is 19.9 Å². The third-order valence-corrected chi connectivity index (χ3v) is 10.2. The third-order valence-electron chi connectivity index (χ3n) is 5.99. The zero-order chi connectivity index (χ0) is 25.1. The summed E-state index contributed by atoms with van der Waals surface area (Å²) in [6.45, 7) is 0.254. The summed E-state index contributed by atoms with van der Waals surface area (Å²) in [7, 11) is -4.27. The van der Waals surface area contributed by atoms with E-state index in [4.69, 9.17) is 14.2 Å². The number of para-hydroxylation sites is 2. The second-order valence-electron chi connectivity index (χ2n) is 8.05. The zero-order valence-electron chi connectivity index (χ0n) is 19.5. The van der Waals surface area contributed by atoms with E-state index in [1.807, 2.05) is 12.1 Å². The highest BCUT2D eigenvalue weighted by Gasteiger charge is 2.35. The van der Waals surface area contributed by atoms with Gasteiger partial charge in [-0.1, -0.05) is 12.1 Å². The van der Waals surface area contributed by atoms with Crippen LogP contribution in [-0.4, -0.2) is 53.7 Å². The minimum absolute atomic E-state index is 0.126. The number of hydrogen-bond donors (Lipinski definition) is 0. The Bertz CT molecular complexity index is 1360. The molecule has 0 radical (unpaired) electrons. The molecular formula is C25H27NO7S2. The highest BCUT2D eigenvalue weighted by atomic mass is 32.2. The Kier molecular flexibility index (Phi) is 7.34. The van der Waals surface area contributed by atoms with Crippen molar-refractivity contribution in [1.29, 1.82) is 0 Å². The van der Waals surface area contributed by atoms with E-state index in [2.05, 4.69) is 0 Å². The molecule has 0 bridgehead atoms. The Morgan fingerprint density at radius 3 is 1.80 bits per heavy atom. The van der Waals surface area contributed by atoms with Crippen LogP contribution in [0.15, 0.2) is 82.6 Å². The Balaban J connectivity index is 1.42. The molecule has 8 nitrogen and oxygen atoms in total. The second-order valence-corrected chi connectivity index (χ2v) is 12.2. The van der Waals surface area contributed by atoms with E-state index >= 15 is 0 Å². The maximum Gasteiger partial charge on any atom is 0.243 e. The fourth-order valence-electron chi connectivity index (χ4n) is 4.00. The van der Waals surface area contributed by atoms with Gasteiger partial charge in [-0.25, -0.2) is 16.8 Å². The fourth-order valence-corrected chi connectivity index (χ4v) is 7.20. The SMILES string of the molecule is COc1ccc(S(=O)(=O)C2CCN(S(=O)(=O)c3ccc(Oc4ccccc4OC)cc3)CC2)cc1. The maximum atomic E-state index is 13.2. The van der Waals surface area contributed by atoms with Gasteiger partial charge in [0.25, 0.3) is 0 Å². The normalized spacial score (nSPS) is 15.5. The highest BCUT2D eigenvalue weighted by Crippen LogP contribution is 2.32. The van der Waals surface area contributed by atoms with Crippen molar-refractivity contribution in [2.24, 2.45) is 0 Å². The molecule has 4 rings (SSSR count). The molecule has 3 aromatic carbocycles. The van der Waals surface area contributed by atoms with Crippen molar-refractivity contribution in [2.75, 3.05) is 27.3 Å². The monoisotopic (exact) mass is 517 g/mol. The Labute approximate surface area is 206 Å². The van der Waals surface area contributed by atoms with Crippen LogP contribution in [-0.2, 0) is 19.9 Å². The third kappa shape index (κ3) is 5.29. The van der Waals surface area contributed by atoms with Crippen molar-refractivity contribution in [1.82, 2.24) is 4.31 Å². The summed E-state index contributed by atoms with van der Waals surface area (Å²) in [5.74, 6) is 2.13. The van der Waals surface area contributed by atoms with Crippen molar-refractivity contribution in [3.8, 4) is 23.0 Å². The van der Waals surface area contributed by atoms with E-state index in [1.54, 1.807) is 43.5 Å². The van der Waals surface area contributed by atoms with Crippen LogP contribution in [0.5, 0.6) is 23.0 Å². The number of benzene rings is 3. The minimum Gasteiger partial charge on any atom is -0.497 e. The molecule has 0 atom stereocenters. The molecule has 0 aromatic heterocycles. The predicted molar refractivity (Wildman–Crippen MR) is 131 cm³/mol. The summed E-state index contributed by atoms with van der Waals surface area (Å²) in [6, 6.07) is 19.6. The number of ether oxygens (including phenoxy) is 3. The number of piperidine rings is 1. The van der Waals surface area contributed by atoms with Crippen LogP contribution in [0, 0.1) is 0 Å². The number of sulfonamides is 1. The second kappa shape index (κ2) is 10.3. The lowest BCUT2D eigenvalue weighted by Crippen LogP contribution is -2.42. The van der Waals surface area contributed by atoms with E-state index in [9.17, 15) is 16.8 Å². The summed E-state index contributed by atoms with van der Waals surface area (Å²) in [5.41, 5.74) is 0. The molecule has 1 aliphatic heterocycles. The molecule has 0 unspecified atom stereocenters. The first-order valence-electron chi connectivity index (χ1n) is 11.0. The number of hydrogen-bond acceptors (Lipinski definition) is 7. The van der Waals surface area contributed by atoms with Gasteiger partial charge < -0.3 is 14.2 Å². The summed E-state index contributed by atoms with van der Waals surface area (Å²) in [5, 5.41) is -0.640. The molecule has 186 valence electrons. The van der Waals surface area contributed by atoms with Crippen molar-refractivity contribution in [3.05, 3.63) is 72.8 Å². The van der Waals surface area contributed by atoms with Gasteiger partial charge in [0, 0.05) is 13.1 Å². The number of methoxy groups -OCH3 is 2. The number of sulfone groups is 1. The molecule has 3 aromatic rings. The van der Waals surface area contributed by atoms with Crippen LogP contribution in [0.25, 0.3) is 0 Å². The van der Waals surface area contributed by atoms with Gasteiger partial charge in [0.15, 0.2) is 21.3 Å². The van der Waals surface area contributed by atoms with Crippen LogP contribution >= 0.6 is 0 Å². The summed E-state index contributed by atoms with van der Waals surface area (Å²) >= 11 is 0. The lowest BCUT2D eigenvalue weighted by molar-refractivity contribution is 0.345. The van der Waals surface area contributed by atoms with Gasteiger partial charge in [-0.3, -0.25) is 0 Å². The van der Waals surface area contributed by atoms with E-state index in [0.717, 1.165) is 0 Å². The first-order chi connectivity index (χ1) is 16.8. The quantitative estimate of drug-likeness (QED) is 0.443. The van der Waals surface area contributed by atoms with Crippen LogP contribution in [0.4, 0.5) is 0 Å². The van der Waals surface area contributed by atoms with Gasteiger partial charge in [-0.15, -0.1) is 0 Å². The lowest BCUT2D eigenvalue weighted by Gasteiger charge is -2.31. The molecule has 1 fully saturated rings. The van der Waals surface area contributed by atoms with Crippen LogP contribution in [0.1, 0.15) is 12.8 Å². The van der Waals surface area contributed by atoms with Crippen molar-refractivity contribution in [3.63, 3.8) is 0 Å². The molecule has 1 saturated heterocycles. The average molecular weight is 518 g/mol. The van der Waals surface area contributed by atoms with Crippen molar-refractivity contribution in [2.45, 2.75) is 27.9 Å². The van der Waals surface area contributed by atoms with E-state index in [1.165, 1.54) is 35.7 Å². The predicted octanol–water partition coefficient (Wildman–Crippen LogP) is 4.12. The Morgan fingerprint density at radius 1 is 0.686 bits per heavy atom. The molecule has 10 heteroatoms. The first kappa shape index (κ1) is 25.0. The minimum atomic E-state index is -3.77. The molecule has 0 aliphatic carbocycles. The van der Waals surface area contributed by atoms with Crippen LogP contribution in [0.2, 0.25) is 0 Å². The largest absolute Gasteiger partial charge is 0.497 e. The molecule has 1 heterocycles. The molecule has 0 saturated carbocycles. The van der Waals surface area contributed by atoms with Gasteiger partial charge in [0.1, 0.15) is 11.5 Å². The van der Waals surface area contributed by atoms with Gasteiger partial charge in [0.2, 0.25) is 10.0 Å². The van der Waals surface area contributed by atoms with Crippen LogP contribution in [0.3, 0.4) is 0 Å². The van der Waals surface area contributed by atoms with Crippen molar-refractivity contribution < 1.29 is 31.0 Å². The summed E-state index contributed by atoms with van der Waals surface area (Å²) in [4.78, 5) is 0.339. The molecule has 35 heavy (non-hydrogen) atoms. The van der Waals surface area contributed by atoms with Gasteiger partial charge >= 0.3 is 0 Å². The summed E-state index contributed by atoms with van der Waals surface area (Å²) < 4.78 is 69.8. The highest BCUT2D eigenvalue weighted by molar-refractivity contribution is 7.92. The maximum absolute atomic E-state index is 13.2. The number of rotatable bonds is 8. The molecule has 0 N–H and O–H groups in total. The standard InChI is InChI=1S/C25H27NO7S2/c1-31-19-7-11-21(12-8-19)34(27,28)22-15-17-26(18-16-22)35(29,30)23-13-9-20(10-14-23)33-25-6-4-3-5-24(25)32-2/h3-14,22H,15-18H2,1-2H3. The summed E-state index contributed by atoms with van der Waals surface area (Å²) in [6.07, 6.45) is 0.450. The Morgan fingerprint density at radius 2 is 1.23 bits per heavy atom. The van der Waals surface area contributed by atoms with E-state index in [0.29, 0.717) is 23.0 Å². The molecule has 0 amide bonds. The van der Waals surface area contributed by atoms with Gasteiger partial charge in [-0.2, -0.15) is 4.31 Å². The molecule has 1 aliphatic rings. The smallest absolute Gasteiger partial charge is 0.243 e. The Hall–Kier alpha value is -3.08. The zero-order valence-corrected chi connectivity index (χ0v) is 21.1. The van der Waals surface area contributed by atoms with E-state index in [-0.39, 0.29) is 35.7 Å². The van der Waals surface area contributed by atoms with Crippen LogP contribution < -0.4 is 14.2 Å². The van der Waals surface area contributed by atoms with Gasteiger partial charge in [0.05, 0.1) is 29.3 Å².